The summed E-state index contributed by atoms with van der Waals surface area (Å²) in [5.41, 5.74) is 1.07. The van der Waals surface area contributed by atoms with Crippen LogP contribution in [0.4, 0.5) is 0 Å². The Morgan fingerprint density at radius 3 is 2.57 bits per heavy atom. The van der Waals surface area contributed by atoms with Crippen molar-refractivity contribution in [1.82, 2.24) is 15.5 Å². The molecular weight excluding hydrogens is 380 g/mol. The van der Waals surface area contributed by atoms with E-state index < -0.39 is 0 Å². The molecule has 7 nitrogen and oxygen atoms in total. The Morgan fingerprint density at radius 2 is 1.90 bits per heavy atom. The maximum atomic E-state index is 5.58. The number of piperidine rings is 1. The Balaban J connectivity index is 1.86. The van der Waals surface area contributed by atoms with E-state index in [2.05, 4.69) is 29.4 Å². The zero-order valence-electron chi connectivity index (χ0n) is 19.4. The molecule has 30 heavy (non-hydrogen) atoms. The topological polar surface area (TPSA) is 67.4 Å². The summed E-state index contributed by atoms with van der Waals surface area (Å²) in [5.74, 6) is 2.88. The number of hydrogen-bond acceptors (Lipinski definition) is 5. The van der Waals surface area contributed by atoms with Crippen LogP contribution in [-0.4, -0.2) is 71.0 Å². The van der Waals surface area contributed by atoms with E-state index in [1.54, 1.807) is 21.3 Å². The monoisotopic (exact) mass is 420 g/mol. The Hall–Kier alpha value is -2.15. The smallest absolute Gasteiger partial charge is 0.203 e. The van der Waals surface area contributed by atoms with Crippen LogP contribution in [0.5, 0.6) is 17.2 Å². The Kier molecular flexibility index (Phi) is 10.6. The van der Waals surface area contributed by atoms with Gasteiger partial charge in [-0.2, -0.15) is 0 Å². The fraction of sp³-hybridized carbons (Fsp3) is 0.696. The molecule has 0 aromatic heterocycles. The molecule has 1 aromatic rings. The number of rotatable bonds is 11. The lowest BCUT2D eigenvalue weighted by molar-refractivity contribution is 0.160. The molecule has 1 aromatic carbocycles. The van der Waals surface area contributed by atoms with Crippen LogP contribution in [-0.2, 0) is 6.42 Å². The summed E-state index contributed by atoms with van der Waals surface area (Å²) in [4.78, 5) is 7.35. The molecule has 0 radical (unpaired) electrons. The summed E-state index contributed by atoms with van der Waals surface area (Å²) < 4.78 is 16.4. The average molecular weight is 421 g/mol. The molecule has 1 heterocycles. The lowest BCUT2D eigenvalue weighted by Crippen LogP contribution is -2.39. The number of guanidine groups is 1. The minimum atomic E-state index is 0.630. The van der Waals surface area contributed by atoms with Gasteiger partial charge in [-0.3, -0.25) is 4.99 Å². The average Bonchev–Trinajstić information content (AvgIpc) is 2.77. The Morgan fingerprint density at radius 1 is 1.10 bits per heavy atom. The van der Waals surface area contributed by atoms with Crippen molar-refractivity contribution < 1.29 is 14.2 Å². The molecule has 0 spiro atoms. The number of benzene rings is 1. The van der Waals surface area contributed by atoms with Gasteiger partial charge in [0.15, 0.2) is 17.5 Å². The number of likely N-dealkylation sites (tertiary alicyclic amines) is 1. The Bertz CT molecular complexity index is 666. The van der Waals surface area contributed by atoms with Crippen molar-refractivity contribution in [2.24, 2.45) is 4.99 Å². The van der Waals surface area contributed by atoms with Gasteiger partial charge in [-0.1, -0.05) is 12.5 Å². The first-order valence-corrected chi connectivity index (χ1v) is 11.2. The maximum absolute atomic E-state index is 5.58. The number of hydrogen-bond donors (Lipinski definition) is 2. The van der Waals surface area contributed by atoms with Crippen LogP contribution in [0, 0.1) is 0 Å². The number of methoxy groups -OCH3 is 3. The lowest BCUT2D eigenvalue weighted by Gasteiger charge is -2.33. The van der Waals surface area contributed by atoms with Crippen molar-refractivity contribution in [2.45, 2.75) is 52.0 Å². The van der Waals surface area contributed by atoms with Gasteiger partial charge in [0, 0.05) is 37.8 Å². The van der Waals surface area contributed by atoms with Crippen LogP contribution in [0.1, 0.15) is 45.1 Å². The predicted molar refractivity (Wildman–Crippen MR) is 123 cm³/mol. The molecule has 2 N–H and O–H groups in total. The van der Waals surface area contributed by atoms with E-state index in [1.165, 1.54) is 25.8 Å². The van der Waals surface area contributed by atoms with Crippen LogP contribution >= 0.6 is 0 Å². The molecule has 0 saturated carbocycles. The standard InChI is InChI=1S/C23H40N4O3/c1-6-24-23(25-14-9-17-27-16-8-7-10-18(27)2)26-15-13-19-11-12-20(28-3)22(30-5)21(19)29-4/h11-12,18H,6-10,13-17H2,1-5H3,(H2,24,25,26). The molecule has 170 valence electrons. The molecule has 0 bridgehead atoms. The second kappa shape index (κ2) is 13.2. The van der Waals surface area contributed by atoms with Gasteiger partial charge in [-0.25, -0.2) is 0 Å². The summed E-state index contributed by atoms with van der Waals surface area (Å²) in [5, 5.41) is 6.77. The first-order chi connectivity index (χ1) is 14.6. The second-order valence-electron chi connectivity index (χ2n) is 7.67. The van der Waals surface area contributed by atoms with E-state index >= 15 is 0 Å². The van der Waals surface area contributed by atoms with Gasteiger partial charge in [0.2, 0.25) is 5.75 Å². The third-order valence-corrected chi connectivity index (χ3v) is 5.63. The summed E-state index contributed by atoms with van der Waals surface area (Å²) in [6, 6.07) is 4.65. The van der Waals surface area contributed by atoms with Crippen LogP contribution in [0.2, 0.25) is 0 Å². The summed E-state index contributed by atoms with van der Waals surface area (Å²) in [7, 11) is 4.91. The van der Waals surface area contributed by atoms with Crippen LogP contribution in [0.25, 0.3) is 0 Å². The predicted octanol–water partition coefficient (Wildman–Crippen LogP) is 3.07. The SMILES string of the molecule is CCNC(=NCCCN1CCCCC1C)NCCc1ccc(OC)c(OC)c1OC. The summed E-state index contributed by atoms with van der Waals surface area (Å²) in [6.07, 6.45) is 5.91. The lowest BCUT2D eigenvalue weighted by atomic mass is 10.0. The highest BCUT2D eigenvalue weighted by molar-refractivity contribution is 5.79. The van der Waals surface area contributed by atoms with Crippen molar-refractivity contribution in [3.05, 3.63) is 17.7 Å². The van der Waals surface area contributed by atoms with Crippen molar-refractivity contribution in [3.8, 4) is 17.2 Å². The van der Waals surface area contributed by atoms with E-state index in [0.29, 0.717) is 17.5 Å². The number of nitrogens with one attached hydrogen (secondary N) is 2. The highest BCUT2D eigenvalue weighted by atomic mass is 16.5. The van der Waals surface area contributed by atoms with E-state index in [9.17, 15) is 0 Å². The van der Waals surface area contributed by atoms with Crippen molar-refractivity contribution >= 4 is 5.96 Å². The molecule has 1 unspecified atom stereocenters. The van der Waals surface area contributed by atoms with E-state index in [1.807, 2.05) is 12.1 Å². The van der Waals surface area contributed by atoms with Gasteiger partial charge in [0.1, 0.15) is 0 Å². The van der Waals surface area contributed by atoms with Gasteiger partial charge in [-0.05, 0) is 52.1 Å². The largest absolute Gasteiger partial charge is 0.493 e. The number of aliphatic imine (C=N–C) groups is 1. The number of ether oxygens (including phenoxy) is 3. The quantitative estimate of drug-likeness (QED) is 0.326. The zero-order chi connectivity index (χ0) is 21.8. The molecule has 1 fully saturated rings. The van der Waals surface area contributed by atoms with Gasteiger partial charge in [-0.15, -0.1) is 0 Å². The fourth-order valence-corrected chi connectivity index (χ4v) is 3.97. The molecule has 0 aliphatic carbocycles. The minimum Gasteiger partial charge on any atom is -0.493 e. The van der Waals surface area contributed by atoms with Crippen molar-refractivity contribution in [1.29, 1.82) is 0 Å². The highest BCUT2D eigenvalue weighted by Gasteiger charge is 2.17. The van der Waals surface area contributed by atoms with Crippen LogP contribution < -0.4 is 24.8 Å². The van der Waals surface area contributed by atoms with E-state index in [0.717, 1.165) is 56.3 Å². The van der Waals surface area contributed by atoms with Crippen LogP contribution in [0.15, 0.2) is 17.1 Å². The first kappa shape index (κ1) is 24.1. The minimum absolute atomic E-state index is 0.630. The molecule has 1 aliphatic heterocycles. The molecule has 1 atom stereocenters. The van der Waals surface area contributed by atoms with Gasteiger partial charge < -0.3 is 29.7 Å². The summed E-state index contributed by atoms with van der Waals surface area (Å²) >= 11 is 0. The highest BCUT2D eigenvalue weighted by Crippen LogP contribution is 2.39. The van der Waals surface area contributed by atoms with Crippen LogP contribution in [0.3, 0.4) is 0 Å². The number of nitrogens with zero attached hydrogens (tertiary/aromatic N) is 2. The second-order valence-corrected chi connectivity index (χ2v) is 7.67. The zero-order valence-corrected chi connectivity index (χ0v) is 19.4. The first-order valence-electron chi connectivity index (χ1n) is 11.2. The summed E-state index contributed by atoms with van der Waals surface area (Å²) in [6.45, 7) is 9.22. The molecule has 1 aliphatic rings. The fourth-order valence-electron chi connectivity index (χ4n) is 3.97. The molecule has 7 heteroatoms. The molecule has 2 rings (SSSR count). The van der Waals surface area contributed by atoms with E-state index in [-0.39, 0.29) is 0 Å². The molecular formula is C23H40N4O3. The van der Waals surface area contributed by atoms with Gasteiger partial charge >= 0.3 is 0 Å². The third-order valence-electron chi connectivity index (χ3n) is 5.63. The Labute approximate surface area is 182 Å². The maximum Gasteiger partial charge on any atom is 0.203 e. The van der Waals surface area contributed by atoms with Crippen molar-refractivity contribution in [3.63, 3.8) is 0 Å². The molecule has 1 saturated heterocycles. The normalized spacial score (nSPS) is 17.5. The van der Waals surface area contributed by atoms with Gasteiger partial charge in [0.05, 0.1) is 21.3 Å². The molecule has 0 amide bonds. The van der Waals surface area contributed by atoms with E-state index in [4.69, 9.17) is 19.2 Å². The van der Waals surface area contributed by atoms with Crippen molar-refractivity contribution in [2.75, 3.05) is 54.1 Å². The van der Waals surface area contributed by atoms with Gasteiger partial charge in [0.25, 0.3) is 0 Å². The third kappa shape index (κ3) is 6.97.